The number of aliphatic hydroxyl groups is 1. The number of primary sulfonamides is 1. The first-order chi connectivity index (χ1) is 9.73. The second-order valence-corrected chi connectivity index (χ2v) is 8.02. The molecule has 0 aromatic heterocycles. The number of rotatable bonds is 2. The molecule has 1 atom stereocenters. The average molecular weight is 449 g/mol. The molecule has 0 saturated carbocycles. The van der Waals surface area contributed by atoms with Crippen molar-refractivity contribution in [2.75, 3.05) is 18.8 Å². The van der Waals surface area contributed by atoms with Gasteiger partial charge >= 0.3 is 0 Å². The van der Waals surface area contributed by atoms with E-state index in [9.17, 15) is 13.5 Å². The third-order valence-electron chi connectivity index (χ3n) is 3.41. The van der Waals surface area contributed by atoms with E-state index in [-0.39, 0.29) is 37.5 Å². The highest BCUT2D eigenvalue weighted by Gasteiger charge is 2.47. The van der Waals surface area contributed by atoms with E-state index >= 15 is 0 Å². The van der Waals surface area contributed by atoms with Gasteiger partial charge in [0, 0.05) is 12.1 Å². The first-order valence-electron chi connectivity index (χ1n) is 5.93. The maximum Gasteiger partial charge on any atom is 0.239 e. The van der Waals surface area contributed by atoms with Crippen LogP contribution in [-0.2, 0) is 15.7 Å². The lowest BCUT2D eigenvalue weighted by Gasteiger charge is -2.33. The highest BCUT2D eigenvalue weighted by molar-refractivity contribution is 8.93. The second-order valence-electron chi connectivity index (χ2n) is 4.73. The maximum atomic E-state index is 11.6. The van der Waals surface area contributed by atoms with Gasteiger partial charge in [0.2, 0.25) is 10.0 Å². The van der Waals surface area contributed by atoms with E-state index in [1.54, 1.807) is 4.90 Å². The Morgan fingerprint density at radius 3 is 2.68 bits per heavy atom. The van der Waals surface area contributed by atoms with Crippen LogP contribution in [-0.4, -0.2) is 42.4 Å². The first kappa shape index (κ1) is 18.3. The van der Waals surface area contributed by atoms with Crippen molar-refractivity contribution in [3.8, 4) is 0 Å². The number of benzene rings is 1. The largest absolute Gasteiger partial charge is 0.366 e. The highest BCUT2D eigenvalue weighted by Crippen LogP contribution is 2.44. The van der Waals surface area contributed by atoms with Gasteiger partial charge in [-0.1, -0.05) is 35.0 Å². The molecule has 2 heterocycles. The minimum Gasteiger partial charge on any atom is -0.366 e. The molecule has 122 valence electrons. The van der Waals surface area contributed by atoms with E-state index in [0.29, 0.717) is 18.8 Å². The molecular formula is C11H12BrCl2N3O3S2. The van der Waals surface area contributed by atoms with Crippen LogP contribution >= 0.6 is 51.9 Å². The number of nitrogens with zero attached hydrogens (tertiary/aromatic N) is 2. The molecule has 6 nitrogen and oxygen atoms in total. The van der Waals surface area contributed by atoms with Gasteiger partial charge < -0.3 is 10.0 Å². The molecule has 0 amide bonds. The molecule has 3 N–H and O–H groups in total. The normalized spacial score (nSPS) is 24.0. The van der Waals surface area contributed by atoms with E-state index in [1.165, 1.54) is 23.9 Å². The third kappa shape index (κ3) is 2.88. The minimum atomic E-state index is -4.01. The molecule has 1 saturated heterocycles. The Morgan fingerprint density at radius 1 is 1.36 bits per heavy atom. The van der Waals surface area contributed by atoms with Crippen molar-refractivity contribution in [1.82, 2.24) is 4.90 Å². The summed E-state index contributed by atoms with van der Waals surface area (Å²) in [6.07, 6.45) is 0. The Morgan fingerprint density at radius 2 is 2.05 bits per heavy atom. The molecule has 2 aliphatic rings. The molecule has 1 aromatic carbocycles. The molecule has 11 heteroatoms. The van der Waals surface area contributed by atoms with Gasteiger partial charge in [0.05, 0.1) is 22.3 Å². The number of halogens is 3. The molecular weight excluding hydrogens is 437 g/mol. The quantitative estimate of drug-likeness (QED) is 0.718. The summed E-state index contributed by atoms with van der Waals surface area (Å²) in [7, 11) is -4.01. The fourth-order valence-electron chi connectivity index (χ4n) is 2.41. The van der Waals surface area contributed by atoms with Crippen molar-refractivity contribution in [2.45, 2.75) is 10.6 Å². The lowest BCUT2D eigenvalue weighted by atomic mass is 10.0. The van der Waals surface area contributed by atoms with Gasteiger partial charge in [0.25, 0.3) is 0 Å². The zero-order valence-electron chi connectivity index (χ0n) is 11.0. The van der Waals surface area contributed by atoms with Crippen molar-refractivity contribution in [2.24, 2.45) is 10.1 Å². The fourth-order valence-corrected chi connectivity index (χ4v) is 5.11. The molecule has 0 aliphatic carbocycles. The summed E-state index contributed by atoms with van der Waals surface area (Å²) in [6, 6.07) is 2.52. The Balaban J connectivity index is 0.00000176. The summed E-state index contributed by atoms with van der Waals surface area (Å²) in [5, 5.41) is 16.9. The van der Waals surface area contributed by atoms with Gasteiger partial charge in [-0.05, 0) is 12.1 Å². The van der Waals surface area contributed by atoms with Crippen LogP contribution in [0.2, 0.25) is 10.0 Å². The summed E-state index contributed by atoms with van der Waals surface area (Å²) in [5.41, 5.74) is -1.15. The van der Waals surface area contributed by atoms with Gasteiger partial charge in [-0.25, -0.2) is 13.6 Å². The Labute approximate surface area is 152 Å². The summed E-state index contributed by atoms with van der Waals surface area (Å²) in [4.78, 5) is 5.72. The van der Waals surface area contributed by atoms with Crippen LogP contribution in [0.1, 0.15) is 5.56 Å². The van der Waals surface area contributed by atoms with E-state index in [0.717, 1.165) is 5.17 Å². The number of aliphatic imine (C=N–C) groups is 1. The molecule has 22 heavy (non-hydrogen) atoms. The SMILES string of the molecule is Br.NS(=O)(=O)c1cc(C2(O)CSC3=NCCN32)c(Cl)cc1Cl. The Bertz CT molecular complexity index is 759. The van der Waals surface area contributed by atoms with Gasteiger partial charge in [-0.3, -0.25) is 4.99 Å². The van der Waals surface area contributed by atoms with Crippen molar-refractivity contribution in [1.29, 1.82) is 0 Å². The number of hydrogen-bond donors (Lipinski definition) is 2. The number of thioether (sulfide) groups is 1. The summed E-state index contributed by atoms with van der Waals surface area (Å²) in [5.74, 6) is 0.303. The van der Waals surface area contributed by atoms with Gasteiger partial charge in [-0.15, -0.1) is 17.0 Å². The van der Waals surface area contributed by atoms with Gasteiger partial charge in [-0.2, -0.15) is 0 Å². The van der Waals surface area contributed by atoms with Crippen LogP contribution in [0.5, 0.6) is 0 Å². The van der Waals surface area contributed by atoms with Crippen LogP contribution in [0.25, 0.3) is 0 Å². The molecule has 3 rings (SSSR count). The predicted molar refractivity (Wildman–Crippen MR) is 93.5 cm³/mol. The number of hydrogen-bond acceptors (Lipinski definition) is 6. The van der Waals surface area contributed by atoms with Crippen LogP contribution < -0.4 is 5.14 Å². The Kier molecular flexibility index (Phi) is 5.09. The van der Waals surface area contributed by atoms with Crippen molar-refractivity contribution in [3.63, 3.8) is 0 Å². The molecule has 0 spiro atoms. The van der Waals surface area contributed by atoms with Crippen LogP contribution in [0.15, 0.2) is 22.0 Å². The monoisotopic (exact) mass is 447 g/mol. The second kappa shape index (κ2) is 6.12. The molecule has 0 radical (unpaired) electrons. The maximum absolute atomic E-state index is 11.6. The third-order valence-corrected chi connectivity index (χ3v) is 6.25. The highest BCUT2D eigenvalue weighted by atomic mass is 79.9. The average Bonchev–Trinajstić information content (AvgIpc) is 2.92. The van der Waals surface area contributed by atoms with E-state index in [4.69, 9.17) is 28.3 Å². The van der Waals surface area contributed by atoms with Crippen LogP contribution in [0, 0.1) is 0 Å². The van der Waals surface area contributed by atoms with E-state index in [1.807, 2.05) is 0 Å². The predicted octanol–water partition coefficient (Wildman–Crippen LogP) is 1.78. The molecule has 1 unspecified atom stereocenters. The number of amidine groups is 1. The number of nitrogens with two attached hydrogens (primary N) is 1. The molecule has 2 aliphatic heterocycles. The van der Waals surface area contributed by atoms with Crippen molar-refractivity contribution < 1.29 is 13.5 Å². The van der Waals surface area contributed by atoms with E-state index in [2.05, 4.69) is 4.99 Å². The zero-order valence-corrected chi connectivity index (χ0v) is 15.9. The number of fused-ring (bicyclic) bond motifs is 1. The summed E-state index contributed by atoms with van der Waals surface area (Å²) in [6.45, 7) is 1.13. The van der Waals surface area contributed by atoms with Crippen molar-refractivity contribution >= 4 is 67.1 Å². The molecule has 0 bridgehead atoms. The summed E-state index contributed by atoms with van der Waals surface area (Å²) < 4.78 is 23.2. The standard InChI is InChI=1S/C11H11Cl2N3O3S2.BrH/c12-7-4-8(13)9(21(14,18)19)3-6(7)11(17)5-20-10-15-1-2-16(10)11;/h3-4,17H,1-2,5H2,(H2,14,18,19);1H. The van der Waals surface area contributed by atoms with Crippen LogP contribution in [0.4, 0.5) is 0 Å². The summed E-state index contributed by atoms with van der Waals surface area (Å²) >= 11 is 13.4. The minimum absolute atomic E-state index is 0. The fraction of sp³-hybridized carbons (Fsp3) is 0.364. The van der Waals surface area contributed by atoms with Gasteiger partial charge in [0.15, 0.2) is 10.9 Å². The topological polar surface area (TPSA) is 96.0 Å². The smallest absolute Gasteiger partial charge is 0.239 e. The van der Waals surface area contributed by atoms with Gasteiger partial charge in [0.1, 0.15) is 4.90 Å². The van der Waals surface area contributed by atoms with Crippen molar-refractivity contribution in [3.05, 3.63) is 27.7 Å². The van der Waals surface area contributed by atoms with E-state index < -0.39 is 15.7 Å². The molecule has 1 fully saturated rings. The zero-order chi connectivity index (χ0) is 15.4. The number of sulfonamides is 1. The lowest BCUT2D eigenvalue weighted by molar-refractivity contribution is -0.0426. The molecule has 1 aromatic rings. The first-order valence-corrected chi connectivity index (χ1v) is 9.22. The lowest BCUT2D eigenvalue weighted by Crippen LogP contribution is -2.44. The Hall–Kier alpha value is -0.0300. The van der Waals surface area contributed by atoms with Crippen LogP contribution in [0.3, 0.4) is 0 Å².